The Morgan fingerprint density at radius 1 is 0.706 bits per heavy atom. The van der Waals surface area contributed by atoms with Gasteiger partial charge in [0.1, 0.15) is 5.75 Å². The minimum Gasteiger partial charge on any atom is -0.508 e. The van der Waals surface area contributed by atoms with Gasteiger partial charge in [-0.15, -0.1) is 0 Å². The molecule has 0 amide bonds. The van der Waals surface area contributed by atoms with Crippen molar-refractivity contribution >= 4 is 0 Å². The van der Waals surface area contributed by atoms with Gasteiger partial charge in [-0.25, -0.2) is 0 Å². The second-order valence-electron chi connectivity index (χ2n) is 3.86. The van der Waals surface area contributed by atoms with Gasteiger partial charge in [0.25, 0.3) is 0 Å². The van der Waals surface area contributed by atoms with Gasteiger partial charge >= 0.3 is 0 Å². The van der Waals surface area contributed by atoms with Crippen LogP contribution in [0.5, 0.6) is 5.75 Å². The van der Waals surface area contributed by atoms with E-state index in [0.29, 0.717) is 5.75 Å². The molecule has 2 rings (SSSR count). The van der Waals surface area contributed by atoms with Gasteiger partial charge in [0.05, 0.1) is 0 Å². The fourth-order valence-corrected chi connectivity index (χ4v) is 1.45. The number of phenols is 1. The van der Waals surface area contributed by atoms with E-state index < -0.39 is 0 Å². The molecule has 0 saturated heterocycles. The third-order valence-electron chi connectivity index (χ3n) is 2.60. The summed E-state index contributed by atoms with van der Waals surface area (Å²) in [6.45, 7) is 4.25. The minimum atomic E-state index is 0.340. The maximum Gasteiger partial charge on any atom is 0.115 e. The first-order chi connectivity index (χ1) is 8.26. The van der Waals surface area contributed by atoms with Crippen LogP contribution in [0.3, 0.4) is 0 Å². The average Bonchev–Trinajstić information content (AvgIpc) is 2.41. The predicted octanol–water partition coefficient (Wildman–Crippen LogP) is 4.20. The zero-order valence-electron chi connectivity index (χ0n) is 10.6. The van der Waals surface area contributed by atoms with Crippen molar-refractivity contribution in [1.29, 1.82) is 0 Å². The normalized spacial score (nSPS) is 9.29. The maximum atomic E-state index is 8.85. The van der Waals surface area contributed by atoms with Crippen molar-refractivity contribution in [3.8, 4) is 5.75 Å². The van der Waals surface area contributed by atoms with Crippen molar-refractivity contribution in [3.63, 3.8) is 0 Å². The molecule has 0 aromatic heterocycles. The summed E-state index contributed by atoms with van der Waals surface area (Å²) in [6.07, 6.45) is 2.17. The lowest BCUT2D eigenvalue weighted by Gasteiger charge is -1.93. The molecule has 0 spiro atoms. The van der Waals surface area contributed by atoms with Gasteiger partial charge in [0.15, 0.2) is 0 Å². The number of aryl methyl sites for hydroxylation is 2. The minimum absolute atomic E-state index is 0.340. The largest absolute Gasteiger partial charge is 0.508 e. The van der Waals surface area contributed by atoms with Crippen LogP contribution in [0.15, 0.2) is 54.6 Å². The van der Waals surface area contributed by atoms with Crippen LogP contribution in [0.4, 0.5) is 0 Å². The predicted molar refractivity (Wildman–Crippen MR) is 73.3 cm³/mol. The summed E-state index contributed by atoms with van der Waals surface area (Å²) in [5, 5.41) is 8.85. The molecular weight excluding hydrogens is 208 g/mol. The van der Waals surface area contributed by atoms with E-state index >= 15 is 0 Å². The van der Waals surface area contributed by atoms with Crippen LogP contribution in [0.1, 0.15) is 25.0 Å². The quantitative estimate of drug-likeness (QED) is 0.816. The van der Waals surface area contributed by atoms with E-state index in [-0.39, 0.29) is 0 Å². The zero-order chi connectivity index (χ0) is 12.5. The van der Waals surface area contributed by atoms with Crippen molar-refractivity contribution in [2.45, 2.75) is 26.7 Å². The lowest BCUT2D eigenvalue weighted by atomic mass is 10.2. The van der Waals surface area contributed by atoms with Crippen LogP contribution in [0, 0.1) is 0 Å². The second-order valence-corrected chi connectivity index (χ2v) is 3.86. The van der Waals surface area contributed by atoms with Gasteiger partial charge in [-0.05, 0) is 36.1 Å². The van der Waals surface area contributed by atoms with Crippen molar-refractivity contribution in [1.82, 2.24) is 0 Å². The van der Waals surface area contributed by atoms with Crippen molar-refractivity contribution in [3.05, 3.63) is 65.7 Å². The SMILES string of the molecule is CCc1ccc(O)cc1.CCc1ccccc1. The molecule has 0 atom stereocenters. The Kier molecular flexibility index (Phi) is 5.87. The number of benzene rings is 2. The van der Waals surface area contributed by atoms with E-state index in [1.807, 2.05) is 18.2 Å². The van der Waals surface area contributed by atoms with Gasteiger partial charge in [0.2, 0.25) is 0 Å². The lowest BCUT2D eigenvalue weighted by molar-refractivity contribution is 0.475. The van der Waals surface area contributed by atoms with Gasteiger partial charge in [0, 0.05) is 0 Å². The first kappa shape index (κ1) is 13.3. The van der Waals surface area contributed by atoms with Crippen LogP contribution in [0.25, 0.3) is 0 Å². The first-order valence-electron chi connectivity index (χ1n) is 6.08. The molecule has 0 aliphatic rings. The molecule has 1 N–H and O–H groups in total. The Morgan fingerprint density at radius 2 is 1.18 bits per heavy atom. The first-order valence-corrected chi connectivity index (χ1v) is 6.08. The number of hydrogen-bond donors (Lipinski definition) is 1. The van der Waals surface area contributed by atoms with Gasteiger partial charge in [-0.1, -0.05) is 56.3 Å². The zero-order valence-corrected chi connectivity index (χ0v) is 10.6. The summed E-state index contributed by atoms with van der Waals surface area (Å²) in [5.74, 6) is 0.340. The van der Waals surface area contributed by atoms with Crippen LogP contribution in [-0.2, 0) is 12.8 Å². The molecule has 0 saturated carbocycles. The molecule has 0 fully saturated rings. The molecular formula is C16H20O. The summed E-state index contributed by atoms with van der Waals surface area (Å²) in [5.41, 5.74) is 2.67. The van der Waals surface area contributed by atoms with E-state index in [1.165, 1.54) is 11.1 Å². The van der Waals surface area contributed by atoms with E-state index in [0.717, 1.165) is 12.8 Å². The summed E-state index contributed by atoms with van der Waals surface area (Å²) < 4.78 is 0. The molecule has 2 aromatic carbocycles. The molecule has 90 valence electrons. The fraction of sp³-hybridized carbons (Fsp3) is 0.250. The number of rotatable bonds is 2. The summed E-state index contributed by atoms with van der Waals surface area (Å²) in [6, 6.07) is 17.7. The maximum absolute atomic E-state index is 8.85. The molecule has 0 radical (unpaired) electrons. The standard InChI is InChI=1S/C8H10O.C8H10/c1-2-7-3-5-8(9)6-4-7;1-2-8-6-4-3-5-7-8/h3-6,9H,2H2,1H3;3-7H,2H2,1H3. The molecule has 1 nitrogen and oxygen atoms in total. The van der Waals surface area contributed by atoms with E-state index in [2.05, 4.69) is 38.1 Å². The fourth-order valence-electron chi connectivity index (χ4n) is 1.45. The Bertz CT molecular complexity index is 403. The molecule has 1 heteroatoms. The molecule has 0 bridgehead atoms. The van der Waals surface area contributed by atoms with Crippen molar-refractivity contribution in [2.24, 2.45) is 0 Å². The Balaban J connectivity index is 0.000000171. The van der Waals surface area contributed by atoms with Crippen LogP contribution in [-0.4, -0.2) is 5.11 Å². The molecule has 0 unspecified atom stereocenters. The van der Waals surface area contributed by atoms with Gasteiger partial charge < -0.3 is 5.11 Å². The highest BCUT2D eigenvalue weighted by atomic mass is 16.3. The Labute approximate surface area is 104 Å². The second kappa shape index (κ2) is 7.50. The third-order valence-corrected chi connectivity index (χ3v) is 2.60. The monoisotopic (exact) mass is 228 g/mol. The molecule has 17 heavy (non-hydrogen) atoms. The molecule has 2 aromatic rings. The summed E-state index contributed by atoms with van der Waals surface area (Å²) in [4.78, 5) is 0. The number of aromatic hydroxyl groups is 1. The smallest absolute Gasteiger partial charge is 0.115 e. The van der Waals surface area contributed by atoms with Gasteiger partial charge in [-0.3, -0.25) is 0 Å². The van der Waals surface area contributed by atoms with Gasteiger partial charge in [-0.2, -0.15) is 0 Å². The molecule has 0 aliphatic carbocycles. The van der Waals surface area contributed by atoms with Crippen molar-refractivity contribution in [2.75, 3.05) is 0 Å². The highest BCUT2D eigenvalue weighted by Gasteiger charge is 1.86. The lowest BCUT2D eigenvalue weighted by Crippen LogP contribution is -1.75. The third kappa shape index (κ3) is 5.21. The molecule has 0 aliphatic heterocycles. The van der Waals surface area contributed by atoms with Crippen LogP contribution in [0.2, 0.25) is 0 Å². The topological polar surface area (TPSA) is 20.2 Å². The summed E-state index contributed by atoms with van der Waals surface area (Å²) >= 11 is 0. The van der Waals surface area contributed by atoms with E-state index in [9.17, 15) is 0 Å². The van der Waals surface area contributed by atoms with E-state index in [1.54, 1.807) is 12.1 Å². The summed E-state index contributed by atoms with van der Waals surface area (Å²) in [7, 11) is 0. The Hall–Kier alpha value is -1.76. The van der Waals surface area contributed by atoms with E-state index in [4.69, 9.17) is 5.11 Å². The average molecular weight is 228 g/mol. The highest BCUT2D eigenvalue weighted by molar-refractivity contribution is 5.25. The Morgan fingerprint density at radius 3 is 1.59 bits per heavy atom. The molecule has 0 heterocycles. The number of phenolic OH excluding ortho intramolecular Hbond substituents is 1. The van der Waals surface area contributed by atoms with Crippen LogP contribution < -0.4 is 0 Å². The van der Waals surface area contributed by atoms with Crippen LogP contribution >= 0.6 is 0 Å². The number of hydrogen-bond acceptors (Lipinski definition) is 1. The van der Waals surface area contributed by atoms with Crippen molar-refractivity contribution < 1.29 is 5.11 Å². The highest BCUT2D eigenvalue weighted by Crippen LogP contribution is 2.09.